The number of amides is 3. The van der Waals surface area contributed by atoms with E-state index < -0.39 is 53.1 Å². The smallest absolute Gasteiger partial charge is 0.410 e. The van der Waals surface area contributed by atoms with Crippen LogP contribution in [0.4, 0.5) is 27.2 Å². The predicted octanol–water partition coefficient (Wildman–Crippen LogP) is 7.64. The van der Waals surface area contributed by atoms with E-state index in [0.29, 0.717) is 5.56 Å². The summed E-state index contributed by atoms with van der Waals surface area (Å²) in [6, 6.07) is 16.7. The molecular weight excluding hydrogens is 704 g/mol. The Hall–Kier alpha value is -4.98. The highest BCUT2D eigenvalue weighted by Gasteiger charge is 2.45. The van der Waals surface area contributed by atoms with Crippen molar-refractivity contribution in [1.29, 1.82) is 0 Å². The second-order valence-corrected chi connectivity index (χ2v) is 15.3. The summed E-state index contributed by atoms with van der Waals surface area (Å²) >= 11 is 0. The number of rotatable bonds is 9. The SMILES string of the molecule is C[C@@H]1CN(C(=O)N(C[C@@H]2CN(C(=O)OCc3ccccc3)C[C@@H]2F)[C@@H](c2nc(-c3cc(F)ccc3F)nn2Cc2cccc(F)c2)C(C)(C)C)C[C@H](C)O1. The number of likely N-dealkylation sites (tertiary alicyclic amines) is 1. The van der Waals surface area contributed by atoms with Crippen LogP contribution in [0.15, 0.2) is 72.8 Å². The molecule has 2 saturated heterocycles. The third-order valence-electron chi connectivity index (χ3n) is 9.66. The minimum atomic E-state index is -1.49. The van der Waals surface area contributed by atoms with Crippen LogP contribution in [0.5, 0.6) is 0 Å². The first-order valence-corrected chi connectivity index (χ1v) is 18.1. The molecule has 288 valence electrons. The van der Waals surface area contributed by atoms with Crippen molar-refractivity contribution in [3.8, 4) is 11.4 Å². The summed E-state index contributed by atoms with van der Waals surface area (Å²) in [6.07, 6.45) is -2.71. The van der Waals surface area contributed by atoms with Crippen molar-refractivity contribution in [3.63, 3.8) is 0 Å². The number of ether oxygens (including phenoxy) is 2. The lowest BCUT2D eigenvalue weighted by Crippen LogP contribution is -2.56. The fraction of sp³-hybridized carbons (Fsp3) is 0.450. The van der Waals surface area contributed by atoms with Gasteiger partial charge in [0, 0.05) is 32.1 Å². The molecule has 4 aromatic rings. The van der Waals surface area contributed by atoms with Gasteiger partial charge in [0.1, 0.15) is 30.2 Å². The second kappa shape index (κ2) is 16.2. The molecule has 14 heteroatoms. The van der Waals surface area contributed by atoms with Gasteiger partial charge in [0.2, 0.25) is 0 Å². The molecule has 0 saturated carbocycles. The fourth-order valence-corrected chi connectivity index (χ4v) is 7.28. The normalized spacial score (nSPS) is 20.9. The van der Waals surface area contributed by atoms with Gasteiger partial charge in [-0.1, -0.05) is 63.2 Å². The van der Waals surface area contributed by atoms with E-state index in [1.54, 1.807) is 21.9 Å². The summed E-state index contributed by atoms with van der Waals surface area (Å²) in [4.78, 5) is 37.3. The highest BCUT2D eigenvalue weighted by atomic mass is 19.1. The number of urea groups is 1. The number of alkyl halides is 1. The maximum absolute atomic E-state index is 16.1. The molecule has 5 atom stereocenters. The number of morpholine rings is 1. The Balaban J connectivity index is 1.40. The van der Waals surface area contributed by atoms with Gasteiger partial charge < -0.3 is 24.2 Å². The number of carbonyl (C=O) groups excluding carboxylic acids is 2. The van der Waals surface area contributed by atoms with Gasteiger partial charge in [-0.3, -0.25) is 0 Å². The first-order chi connectivity index (χ1) is 25.7. The molecule has 1 aromatic heterocycles. The molecule has 0 aliphatic carbocycles. The van der Waals surface area contributed by atoms with Crippen molar-refractivity contribution in [1.82, 2.24) is 29.5 Å². The summed E-state index contributed by atoms with van der Waals surface area (Å²) < 4.78 is 73.0. The van der Waals surface area contributed by atoms with Crippen LogP contribution in [0.25, 0.3) is 11.4 Å². The van der Waals surface area contributed by atoms with Crippen molar-refractivity contribution in [2.75, 3.05) is 32.7 Å². The molecule has 3 heterocycles. The number of carbonyl (C=O) groups is 2. The predicted molar refractivity (Wildman–Crippen MR) is 193 cm³/mol. The van der Waals surface area contributed by atoms with E-state index in [4.69, 9.17) is 14.5 Å². The molecule has 0 unspecified atom stereocenters. The van der Waals surface area contributed by atoms with Crippen molar-refractivity contribution in [2.45, 2.75) is 72.2 Å². The Morgan fingerprint density at radius 2 is 1.57 bits per heavy atom. The molecule has 10 nitrogen and oxygen atoms in total. The topological polar surface area (TPSA) is 93.0 Å². The number of aromatic nitrogens is 3. The van der Waals surface area contributed by atoms with Crippen LogP contribution in [-0.2, 0) is 22.6 Å². The zero-order valence-electron chi connectivity index (χ0n) is 31.1. The summed E-state index contributed by atoms with van der Waals surface area (Å²) in [5, 5.41) is 4.61. The number of hydrogen-bond donors (Lipinski definition) is 0. The number of halogens is 4. The third-order valence-corrected chi connectivity index (χ3v) is 9.66. The van der Waals surface area contributed by atoms with Crippen molar-refractivity contribution >= 4 is 12.1 Å². The fourth-order valence-electron chi connectivity index (χ4n) is 7.28. The molecule has 0 spiro atoms. The van der Waals surface area contributed by atoms with E-state index in [-0.39, 0.29) is 75.3 Å². The maximum Gasteiger partial charge on any atom is 0.410 e. The monoisotopic (exact) mass is 750 g/mol. The molecule has 2 aliphatic rings. The largest absolute Gasteiger partial charge is 0.445 e. The van der Waals surface area contributed by atoms with E-state index in [1.165, 1.54) is 21.7 Å². The highest BCUT2D eigenvalue weighted by Crippen LogP contribution is 2.41. The van der Waals surface area contributed by atoms with E-state index in [1.807, 2.05) is 65.0 Å². The van der Waals surface area contributed by atoms with E-state index in [0.717, 1.165) is 23.8 Å². The number of nitrogens with zero attached hydrogens (tertiary/aromatic N) is 6. The van der Waals surface area contributed by atoms with E-state index >= 15 is 8.78 Å². The van der Waals surface area contributed by atoms with Gasteiger partial charge in [-0.05, 0) is 60.7 Å². The molecule has 6 rings (SSSR count). The standard InChI is InChI=1S/C40H46F4N6O4/c1-25-18-47(19-26(2)54-25)38(51)49(22-29-21-48(23-34(29)44)39(52)53-24-27-10-7-6-8-11-27)35(40(3,4)5)37-45-36(32-17-31(42)14-15-33(32)43)46-50(37)20-28-12-9-13-30(41)16-28/h6-17,25-26,29,34-35H,18-24H2,1-5H3/t25-,26+,29-,34-,35-/m0/s1. The van der Waals surface area contributed by atoms with Gasteiger partial charge in [-0.25, -0.2) is 36.8 Å². The minimum Gasteiger partial charge on any atom is -0.445 e. The van der Waals surface area contributed by atoms with Crippen molar-refractivity contribution < 1.29 is 36.6 Å². The van der Waals surface area contributed by atoms with E-state index in [9.17, 15) is 18.4 Å². The first kappa shape index (κ1) is 38.7. The minimum absolute atomic E-state index is 0.0128. The molecular formula is C40H46F4N6O4. The number of hydrogen-bond acceptors (Lipinski definition) is 6. The number of benzene rings is 3. The molecule has 0 N–H and O–H groups in total. The van der Waals surface area contributed by atoms with Crippen LogP contribution in [0.2, 0.25) is 0 Å². The lowest BCUT2D eigenvalue weighted by atomic mass is 9.84. The summed E-state index contributed by atoms with van der Waals surface area (Å²) in [5.74, 6) is -2.67. The lowest BCUT2D eigenvalue weighted by Gasteiger charge is -2.45. The Labute approximate surface area is 312 Å². The highest BCUT2D eigenvalue weighted by molar-refractivity contribution is 5.75. The first-order valence-electron chi connectivity index (χ1n) is 18.1. The van der Waals surface area contributed by atoms with Crippen LogP contribution in [0, 0.1) is 28.8 Å². The average Bonchev–Trinajstić information content (AvgIpc) is 3.69. The molecule has 0 bridgehead atoms. The molecule has 54 heavy (non-hydrogen) atoms. The van der Waals surface area contributed by atoms with Crippen molar-refractivity contribution in [3.05, 3.63) is 107 Å². The van der Waals surface area contributed by atoms with Crippen LogP contribution in [-0.4, -0.2) is 92.7 Å². The molecule has 3 aromatic carbocycles. The van der Waals surface area contributed by atoms with Gasteiger partial charge in [0.25, 0.3) is 0 Å². The zero-order valence-corrected chi connectivity index (χ0v) is 31.1. The molecule has 0 radical (unpaired) electrons. The molecule has 3 amide bonds. The molecule has 2 aliphatic heterocycles. The Morgan fingerprint density at radius 3 is 2.26 bits per heavy atom. The zero-order chi connectivity index (χ0) is 38.7. The maximum atomic E-state index is 16.1. The lowest BCUT2D eigenvalue weighted by molar-refractivity contribution is -0.0621. The van der Waals surface area contributed by atoms with Gasteiger partial charge in [0.15, 0.2) is 11.6 Å². The van der Waals surface area contributed by atoms with Gasteiger partial charge >= 0.3 is 12.1 Å². The quantitative estimate of drug-likeness (QED) is 0.164. The average molecular weight is 751 g/mol. The Morgan fingerprint density at radius 1 is 0.889 bits per heavy atom. The van der Waals surface area contributed by atoms with Crippen LogP contribution < -0.4 is 0 Å². The van der Waals surface area contributed by atoms with Gasteiger partial charge in [0.05, 0.1) is 36.9 Å². The third kappa shape index (κ3) is 9.03. The summed E-state index contributed by atoms with van der Waals surface area (Å²) in [5.41, 5.74) is 0.303. The Kier molecular flexibility index (Phi) is 11.6. The van der Waals surface area contributed by atoms with Crippen molar-refractivity contribution in [2.24, 2.45) is 11.3 Å². The van der Waals surface area contributed by atoms with Gasteiger partial charge in [-0.15, -0.1) is 0 Å². The molecule has 2 fully saturated rings. The summed E-state index contributed by atoms with van der Waals surface area (Å²) in [7, 11) is 0. The van der Waals surface area contributed by atoms with Gasteiger partial charge in [-0.2, -0.15) is 5.10 Å². The van der Waals surface area contributed by atoms with Crippen LogP contribution in [0.1, 0.15) is 57.6 Å². The Bertz CT molecular complexity index is 1930. The second-order valence-electron chi connectivity index (χ2n) is 15.3. The summed E-state index contributed by atoms with van der Waals surface area (Å²) in [6.45, 7) is 9.59. The van der Waals surface area contributed by atoms with E-state index in [2.05, 4.69) is 5.10 Å². The van der Waals surface area contributed by atoms with Crippen LogP contribution >= 0.6 is 0 Å². The van der Waals surface area contributed by atoms with Crippen LogP contribution in [0.3, 0.4) is 0 Å².